The smallest absolute Gasteiger partial charge is 0.257 e. The van der Waals surface area contributed by atoms with Crippen molar-refractivity contribution in [3.63, 3.8) is 0 Å². The van der Waals surface area contributed by atoms with E-state index in [-0.39, 0.29) is 11.7 Å². The molecule has 1 aliphatic rings. The first-order valence-corrected chi connectivity index (χ1v) is 10.3. The molecule has 0 spiro atoms. The van der Waals surface area contributed by atoms with Crippen molar-refractivity contribution in [3.8, 4) is 11.5 Å². The molecule has 2 heterocycles. The number of anilines is 2. The minimum absolute atomic E-state index is 0.0345. The van der Waals surface area contributed by atoms with Gasteiger partial charge in [-0.3, -0.25) is 9.69 Å². The average Bonchev–Trinajstić information content (AvgIpc) is 3.18. The fourth-order valence-corrected chi connectivity index (χ4v) is 4.03. The van der Waals surface area contributed by atoms with Crippen LogP contribution in [0.3, 0.4) is 0 Å². The minimum atomic E-state index is -0.604. The molecule has 0 saturated carbocycles. The Balaban J connectivity index is 1.81. The van der Waals surface area contributed by atoms with Crippen LogP contribution in [0.1, 0.15) is 24.3 Å². The van der Waals surface area contributed by atoms with Gasteiger partial charge in [-0.15, -0.1) is 0 Å². The van der Waals surface area contributed by atoms with Gasteiger partial charge in [0, 0.05) is 17.5 Å². The number of carbonyl (C=O) groups excluding carboxylic acids is 1. The number of hydrogen-bond donors (Lipinski definition) is 3. The van der Waals surface area contributed by atoms with Gasteiger partial charge in [0.05, 0.1) is 18.7 Å². The highest BCUT2D eigenvalue weighted by Gasteiger charge is 2.35. The first kappa shape index (κ1) is 21.4. The number of para-hydroxylation sites is 1. The van der Waals surface area contributed by atoms with Crippen molar-refractivity contribution in [2.45, 2.75) is 19.9 Å². The molecule has 9 heteroatoms. The van der Waals surface area contributed by atoms with Gasteiger partial charge in [0.15, 0.2) is 22.4 Å². The molecule has 164 valence electrons. The minimum Gasteiger partial charge on any atom is -0.504 e. The lowest BCUT2D eigenvalue weighted by Gasteiger charge is -2.37. The molecule has 0 bridgehead atoms. The highest BCUT2D eigenvalue weighted by Crippen LogP contribution is 2.37. The second-order valence-electron chi connectivity index (χ2n) is 7.26. The maximum absolute atomic E-state index is 13.4. The quantitative estimate of drug-likeness (QED) is 0.501. The van der Waals surface area contributed by atoms with Crippen LogP contribution in [0.25, 0.3) is 0 Å². The highest BCUT2D eigenvalue weighted by atomic mass is 32.1. The summed E-state index contributed by atoms with van der Waals surface area (Å²) in [6.45, 7) is 3.58. The van der Waals surface area contributed by atoms with Crippen LogP contribution >= 0.6 is 12.2 Å². The van der Waals surface area contributed by atoms with Crippen LogP contribution < -0.4 is 20.3 Å². The van der Waals surface area contributed by atoms with Crippen LogP contribution in [0.5, 0.6) is 11.5 Å². The van der Waals surface area contributed by atoms with Gasteiger partial charge in [0.2, 0.25) is 0 Å². The number of methoxy groups -OCH3 is 1. The van der Waals surface area contributed by atoms with Crippen LogP contribution in [0.15, 0.2) is 70.4 Å². The Hall–Kier alpha value is -3.85. The van der Waals surface area contributed by atoms with Gasteiger partial charge < -0.3 is 25.0 Å². The zero-order valence-electron chi connectivity index (χ0n) is 17.7. The lowest BCUT2D eigenvalue weighted by molar-refractivity contribution is -0.113. The van der Waals surface area contributed by atoms with Crippen LogP contribution in [0.2, 0.25) is 0 Å². The summed E-state index contributed by atoms with van der Waals surface area (Å²) in [5.41, 5.74) is 2.55. The third kappa shape index (κ3) is 4.02. The number of allylic oxidation sites excluding steroid dienone is 1. The maximum atomic E-state index is 13.4. The van der Waals surface area contributed by atoms with E-state index in [2.05, 4.69) is 15.8 Å². The summed E-state index contributed by atoms with van der Waals surface area (Å²) in [5, 5.41) is 20.6. The first-order chi connectivity index (χ1) is 15.4. The summed E-state index contributed by atoms with van der Waals surface area (Å²) >= 11 is 5.65. The normalized spacial score (nSPS) is 16.0. The molecule has 32 heavy (non-hydrogen) atoms. The molecule has 4 rings (SSSR count). The molecule has 8 nitrogen and oxygen atoms in total. The molecule has 1 atom stereocenters. The number of carbonyl (C=O) groups is 1. The Labute approximate surface area is 190 Å². The number of rotatable bonds is 5. The molecule has 3 aromatic rings. The van der Waals surface area contributed by atoms with Gasteiger partial charge in [-0.05, 0) is 55.9 Å². The number of aromatic nitrogens is 1. The molecule has 2 aromatic carbocycles. The van der Waals surface area contributed by atoms with Crippen molar-refractivity contribution in [1.82, 2.24) is 10.5 Å². The molecular weight excluding hydrogens is 428 g/mol. The van der Waals surface area contributed by atoms with Gasteiger partial charge in [0.1, 0.15) is 5.76 Å². The monoisotopic (exact) mass is 450 g/mol. The van der Waals surface area contributed by atoms with Gasteiger partial charge in [-0.1, -0.05) is 29.4 Å². The third-order valence-electron chi connectivity index (χ3n) is 5.15. The Morgan fingerprint density at radius 1 is 1.22 bits per heavy atom. The number of amides is 1. The summed E-state index contributed by atoms with van der Waals surface area (Å²) in [6.07, 6.45) is 0. The Kier molecular flexibility index (Phi) is 5.83. The standard InChI is InChI=1S/C23H22N4O4S/c1-13-11-19(26-31-13)24-22(29)20-14(2)27(16-7-5-4-6-8-16)23(32)25-21(20)15-9-10-18(30-3)17(28)12-15/h4-12,21,28H,1-3H3,(H,25,32)(H,24,26,29)/t21-/m0/s1. The molecule has 3 N–H and O–H groups in total. The molecule has 0 fully saturated rings. The van der Waals surface area contributed by atoms with E-state index >= 15 is 0 Å². The van der Waals surface area contributed by atoms with E-state index in [1.54, 1.807) is 36.1 Å². The van der Waals surface area contributed by atoms with Crippen LogP contribution in [-0.4, -0.2) is 28.4 Å². The number of nitrogens with zero attached hydrogens (tertiary/aromatic N) is 2. The topological polar surface area (TPSA) is 99.9 Å². The zero-order valence-corrected chi connectivity index (χ0v) is 18.6. The average molecular weight is 451 g/mol. The summed E-state index contributed by atoms with van der Waals surface area (Å²) in [5.74, 6) is 0.822. The number of thiocarbonyl (C=S) groups is 1. The SMILES string of the molecule is COc1ccc([C@@H]2NC(=S)N(c3ccccc3)C(C)=C2C(=O)Nc2cc(C)on2)cc1O. The predicted octanol–water partition coefficient (Wildman–Crippen LogP) is 4.05. The first-order valence-electron chi connectivity index (χ1n) is 9.87. The number of nitrogens with one attached hydrogen (secondary N) is 2. The van der Waals surface area contributed by atoms with Crippen molar-refractivity contribution < 1.29 is 19.2 Å². The fourth-order valence-electron chi connectivity index (χ4n) is 3.67. The number of benzene rings is 2. The number of aromatic hydroxyl groups is 1. The summed E-state index contributed by atoms with van der Waals surface area (Å²) in [7, 11) is 1.48. The predicted molar refractivity (Wildman–Crippen MR) is 125 cm³/mol. The van der Waals surface area contributed by atoms with E-state index in [9.17, 15) is 9.90 Å². The molecular formula is C23H22N4O4S. The number of phenolic OH excluding ortho intramolecular Hbond substituents is 1. The Morgan fingerprint density at radius 3 is 2.59 bits per heavy atom. The summed E-state index contributed by atoms with van der Waals surface area (Å²) in [4.78, 5) is 15.2. The number of hydrogen-bond acceptors (Lipinski definition) is 6. The van der Waals surface area contributed by atoms with Gasteiger partial charge in [-0.25, -0.2) is 0 Å². The van der Waals surface area contributed by atoms with Gasteiger partial charge >= 0.3 is 0 Å². The number of aryl methyl sites for hydroxylation is 1. The van der Waals surface area contributed by atoms with Crippen molar-refractivity contribution in [1.29, 1.82) is 0 Å². The molecule has 1 aromatic heterocycles. The van der Waals surface area contributed by atoms with Gasteiger partial charge in [0.25, 0.3) is 5.91 Å². The highest BCUT2D eigenvalue weighted by molar-refractivity contribution is 7.80. The summed E-state index contributed by atoms with van der Waals surface area (Å²) < 4.78 is 10.2. The number of phenols is 1. The second-order valence-corrected chi connectivity index (χ2v) is 7.65. The number of ether oxygens (including phenoxy) is 1. The van der Waals surface area contributed by atoms with E-state index in [0.717, 1.165) is 5.69 Å². The third-order valence-corrected chi connectivity index (χ3v) is 5.45. The van der Waals surface area contributed by atoms with E-state index in [4.69, 9.17) is 21.5 Å². The lowest BCUT2D eigenvalue weighted by Crippen LogP contribution is -2.48. The van der Waals surface area contributed by atoms with Crippen molar-refractivity contribution in [2.75, 3.05) is 17.3 Å². The van der Waals surface area contributed by atoms with E-state index in [0.29, 0.717) is 39.3 Å². The van der Waals surface area contributed by atoms with Crippen molar-refractivity contribution in [3.05, 3.63) is 77.2 Å². The fraction of sp³-hybridized carbons (Fsp3) is 0.174. The lowest BCUT2D eigenvalue weighted by atomic mass is 9.93. The summed E-state index contributed by atoms with van der Waals surface area (Å²) in [6, 6.07) is 15.5. The molecule has 0 aliphatic carbocycles. The van der Waals surface area contributed by atoms with Crippen LogP contribution in [0, 0.1) is 6.92 Å². The molecule has 1 amide bonds. The second kappa shape index (κ2) is 8.72. The van der Waals surface area contributed by atoms with Crippen LogP contribution in [0.4, 0.5) is 11.5 Å². The molecule has 1 aliphatic heterocycles. The van der Waals surface area contributed by atoms with Crippen molar-refractivity contribution >= 4 is 34.7 Å². The molecule has 0 saturated heterocycles. The maximum Gasteiger partial charge on any atom is 0.257 e. The zero-order chi connectivity index (χ0) is 22.8. The van der Waals surface area contributed by atoms with E-state index in [1.807, 2.05) is 37.3 Å². The van der Waals surface area contributed by atoms with Crippen molar-refractivity contribution in [2.24, 2.45) is 0 Å². The Morgan fingerprint density at radius 2 is 1.97 bits per heavy atom. The largest absolute Gasteiger partial charge is 0.504 e. The molecule has 0 radical (unpaired) electrons. The Bertz CT molecular complexity index is 1210. The van der Waals surface area contributed by atoms with E-state index in [1.165, 1.54) is 7.11 Å². The van der Waals surface area contributed by atoms with E-state index < -0.39 is 6.04 Å². The molecule has 0 unspecified atom stereocenters. The van der Waals surface area contributed by atoms with Gasteiger partial charge in [-0.2, -0.15) is 0 Å². The van der Waals surface area contributed by atoms with Crippen LogP contribution in [-0.2, 0) is 4.79 Å².